The van der Waals surface area contributed by atoms with Gasteiger partial charge in [-0.25, -0.2) is 0 Å². The number of hydrogen-bond donors (Lipinski definition) is 1. The van der Waals surface area contributed by atoms with Crippen molar-refractivity contribution >= 4 is 22.9 Å². The zero-order chi connectivity index (χ0) is 14.8. The summed E-state index contributed by atoms with van der Waals surface area (Å²) in [5, 5.41) is 16.3. The predicted octanol–water partition coefficient (Wildman–Crippen LogP) is 2.30. The van der Waals surface area contributed by atoms with Gasteiger partial charge >= 0.3 is 0 Å². The Morgan fingerprint density at radius 1 is 1.29 bits per heavy atom. The molecule has 1 N–H and O–H groups in total. The Bertz CT molecular complexity index is 754. The molecule has 0 spiro atoms. The molecule has 3 heterocycles. The zero-order valence-electron chi connectivity index (χ0n) is 11.7. The lowest BCUT2D eigenvalue weighted by molar-refractivity contribution is 0.721. The summed E-state index contributed by atoms with van der Waals surface area (Å²) in [7, 11) is 0. The van der Waals surface area contributed by atoms with Crippen LogP contribution < -0.4 is 5.32 Å². The van der Waals surface area contributed by atoms with E-state index in [-0.39, 0.29) is 5.92 Å². The van der Waals surface area contributed by atoms with Crippen LogP contribution in [0.15, 0.2) is 24.7 Å². The van der Waals surface area contributed by atoms with E-state index in [4.69, 9.17) is 11.6 Å². The first kappa shape index (κ1) is 13.7. The summed E-state index contributed by atoms with van der Waals surface area (Å²) in [6.45, 7) is 4.59. The SMILES string of the molecule is CC(C)c1nnc2c(NCc3cnccn3)cc(Cl)nn12. The molecule has 0 aromatic carbocycles. The van der Waals surface area contributed by atoms with Crippen molar-refractivity contribution in [3.05, 3.63) is 41.3 Å². The van der Waals surface area contributed by atoms with Crippen LogP contribution in [-0.4, -0.2) is 29.8 Å². The summed E-state index contributed by atoms with van der Waals surface area (Å²) < 4.78 is 1.67. The summed E-state index contributed by atoms with van der Waals surface area (Å²) in [4.78, 5) is 8.24. The Hall–Kier alpha value is -2.28. The topological polar surface area (TPSA) is 80.9 Å². The minimum atomic E-state index is 0.207. The summed E-state index contributed by atoms with van der Waals surface area (Å²) in [6, 6.07) is 1.73. The molecule has 8 heteroatoms. The van der Waals surface area contributed by atoms with Crippen molar-refractivity contribution in [1.29, 1.82) is 0 Å². The van der Waals surface area contributed by atoms with E-state index < -0.39 is 0 Å². The van der Waals surface area contributed by atoms with E-state index in [2.05, 4.69) is 30.6 Å². The first-order valence-electron chi connectivity index (χ1n) is 6.56. The summed E-state index contributed by atoms with van der Waals surface area (Å²) in [5.41, 5.74) is 2.24. The van der Waals surface area contributed by atoms with Crippen LogP contribution in [0.5, 0.6) is 0 Å². The first-order chi connectivity index (χ1) is 10.1. The standard InChI is InChI=1S/C13H14ClN7/c1-8(2)12-18-19-13-10(5-11(14)20-21(12)13)17-7-9-6-15-3-4-16-9/h3-6,8,17H,7H2,1-2H3. The Labute approximate surface area is 126 Å². The lowest BCUT2D eigenvalue weighted by Crippen LogP contribution is -2.06. The molecule has 0 unspecified atom stereocenters. The van der Waals surface area contributed by atoms with Crippen LogP contribution >= 0.6 is 11.6 Å². The third kappa shape index (κ3) is 2.78. The molecule has 3 aromatic rings. The monoisotopic (exact) mass is 303 g/mol. The van der Waals surface area contributed by atoms with Crippen molar-refractivity contribution < 1.29 is 0 Å². The largest absolute Gasteiger partial charge is 0.376 e. The second-order valence-corrected chi connectivity index (χ2v) is 5.27. The average molecular weight is 304 g/mol. The van der Waals surface area contributed by atoms with Crippen molar-refractivity contribution in [1.82, 2.24) is 29.8 Å². The maximum absolute atomic E-state index is 6.08. The fourth-order valence-electron chi connectivity index (χ4n) is 1.96. The maximum atomic E-state index is 6.08. The molecule has 0 atom stereocenters. The van der Waals surface area contributed by atoms with E-state index in [0.29, 0.717) is 17.3 Å². The van der Waals surface area contributed by atoms with Crippen LogP contribution in [0, 0.1) is 0 Å². The third-order valence-electron chi connectivity index (χ3n) is 2.96. The second-order valence-electron chi connectivity index (χ2n) is 4.88. The van der Waals surface area contributed by atoms with Gasteiger partial charge in [0.15, 0.2) is 11.0 Å². The lowest BCUT2D eigenvalue weighted by Gasteiger charge is -2.08. The van der Waals surface area contributed by atoms with Gasteiger partial charge in [0.2, 0.25) is 5.65 Å². The molecule has 0 fully saturated rings. The number of hydrogen-bond acceptors (Lipinski definition) is 6. The van der Waals surface area contributed by atoms with E-state index in [0.717, 1.165) is 17.2 Å². The van der Waals surface area contributed by atoms with Crippen LogP contribution in [0.1, 0.15) is 31.3 Å². The molecule has 0 aliphatic rings. The van der Waals surface area contributed by atoms with Gasteiger partial charge in [-0.3, -0.25) is 9.97 Å². The van der Waals surface area contributed by atoms with E-state index in [1.165, 1.54) is 0 Å². The van der Waals surface area contributed by atoms with Crippen molar-refractivity contribution in [3.63, 3.8) is 0 Å². The fourth-order valence-corrected chi connectivity index (χ4v) is 2.15. The van der Waals surface area contributed by atoms with Gasteiger partial charge in [0.05, 0.1) is 24.1 Å². The normalized spacial score (nSPS) is 11.2. The van der Waals surface area contributed by atoms with Crippen LogP contribution in [0.3, 0.4) is 0 Å². The van der Waals surface area contributed by atoms with Crippen LogP contribution in [0.2, 0.25) is 5.15 Å². The van der Waals surface area contributed by atoms with Crippen LogP contribution in [0.25, 0.3) is 5.65 Å². The van der Waals surface area contributed by atoms with Crippen molar-refractivity contribution in [2.24, 2.45) is 0 Å². The molecule has 0 aliphatic carbocycles. The number of halogens is 1. The minimum absolute atomic E-state index is 0.207. The Morgan fingerprint density at radius 3 is 2.86 bits per heavy atom. The molecule has 3 rings (SSSR count). The molecular formula is C13H14ClN7. The molecular weight excluding hydrogens is 290 g/mol. The van der Waals surface area contributed by atoms with Gasteiger partial charge in [0.1, 0.15) is 0 Å². The molecule has 0 bridgehead atoms. The van der Waals surface area contributed by atoms with Gasteiger partial charge < -0.3 is 5.32 Å². The highest BCUT2D eigenvalue weighted by Crippen LogP contribution is 2.22. The molecule has 7 nitrogen and oxygen atoms in total. The highest BCUT2D eigenvalue weighted by atomic mass is 35.5. The summed E-state index contributed by atoms with van der Waals surface area (Å²) in [5.74, 6) is 0.980. The predicted molar refractivity (Wildman–Crippen MR) is 79.2 cm³/mol. The molecule has 0 aliphatic heterocycles. The second kappa shape index (κ2) is 5.61. The van der Waals surface area contributed by atoms with Gasteiger partial charge in [-0.2, -0.15) is 9.61 Å². The summed E-state index contributed by atoms with van der Waals surface area (Å²) >= 11 is 6.08. The third-order valence-corrected chi connectivity index (χ3v) is 3.14. The van der Waals surface area contributed by atoms with Crippen molar-refractivity contribution in [2.75, 3.05) is 5.32 Å². The molecule has 3 aromatic heterocycles. The molecule has 0 amide bonds. The molecule has 0 radical (unpaired) electrons. The smallest absolute Gasteiger partial charge is 0.201 e. The minimum Gasteiger partial charge on any atom is -0.376 e. The van der Waals surface area contributed by atoms with E-state index in [1.54, 1.807) is 29.2 Å². The quantitative estimate of drug-likeness (QED) is 0.796. The van der Waals surface area contributed by atoms with E-state index in [9.17, 15) is 0 Å². The van der Waals surface area contributed by atoms with Crippen molar-refractivity contribution in [2.45, 2.75) is 26.3 Å². The average Bonchev–Trinajstić information content (AvgIpc) is 2.89. The van der Waals surface area contributed by atoms with Gasteiger partial charge in [0.25, 0.3) is 0 Å². The van der Waals surface area contributed by atoms with Crippen LogP contribution in [-0.2, 0) is 6.54 Å². The number of nitrogens with zero attached hydrogens (tertiary/aromatic N) is 6. The highest BCUT2D eigenvalue weighted by Gasteiger charge is 2.14. The van der Waals surface area contributed by atoms with Crippen LogP contribution in [0.4, 0.5) is 5.69 Å². The van der Waals surface area contributed by atoms with Gasteiger partial charge in [0, 0.05) is 24.4 Å². The highest BCUT2D eigenvalue weighted by molar-refractivity contribution is 6.29. The van der Waals surface area contributed by atoms with Gasteiger partial charge in [-0.1, -0.05) is 25.4 Å². The molecule has 21 heavy (non-hydrogen) atoms. The maximum Gasteiger partial charge on any atom is 0.201 e. The Kier molecular flexibility index (Phi) is 3.66. The van der Waals surface area contributed by atoms with E-state index in [1.807, 2.05) is 13.8 Å². The molecule has 108 valence electrons. The number of fused-ring (bicyclic) bond motifs is 1. The zero-order valence-corrected chi connectivity index (χ0v) is 12.4. The number of anilines is 1. The Morgan fingerprint density at radius 2 is 2.14 bits per heavy atom. The lowest BCUT2D eigenvalue weighted by atomic mass is 10.2. The van der Waals surface area contributed by atoms with E-state index >= 15 is 0 Å². The number of rotatable bonds is 4. The molecule has 0 saturated heterocycles. The Balaban J connectivity index is 1.95. The van der Waals surface area contributed by atoms with Gasteiger partial charge in [-0.05, 0) is 0 Å². The first-order valence-corrected chi connectivity index (χ1v) is 6.93. The van der Waals surface area contributed by atoms with Gasteiger partial charge in [-0.15, -0.1) is 10.2 Å². The number of nitrogens with one attached hydrogen (secondary N) is 1. The fraction of sp³-hybridized carbons (Fsp3) is 0.308. The summed E-state index contributed by atoms with van der Waals surface area (Å²) in [6.07, 6.45) is 4.99. The van der Waals surface area contributed by atoms with Crippen molar-refractivity contribution in [3.8, 4) is 0 Å². The number of aromatic nitrogens is 6. The molecule has 0 saturated carbocycles.